The molecule has 22 heavy (non-hydrogen) atoms. The topological polar surface area (TPSA) is 41.5 Å². The smallest absolute Gasteiger partial charge is 0.264 e. The highest BCUT2D eigenvalue weighted by Gasteiger charge is 2.24. The molecule has 0 bridgehead atoms. The first-order valence-corrected chi connectivity index (χ1v) is 7.86. The first-order chi connectivity index (χ1) is 10.6. The van der Waals surface area contributed by atoms with E-state index < -0.39 is 0 Å². The molecule has 0 spiro atoms. The molecule has 1 fully saturated rings. The van der Waals surface area contributed by atoms with E-state index in [2.05, 4.69) is 10.3 Å². The lowest BCUT2D eigenvalue weighted by Gasteiger charge is -2.04. The third-order valence-corrected chi connectivity index (χ3v) is 4.31. The minimum Gasteiger partial charge on any atom is -0.300 e. The number of carbonyl (C=O) groups excluding carboxylic acids is 1. The van der Waals surface area contributed by atoms with Crippen LogP contribution in [0.1, 0.15) is 16.7 Å². The van der Waals surface area contributed by atoms with Crippen molar-refractivity contribution in [2.24, 2.45) is 4.99 Å². The summed E-state index contributed by atoms with van der Waals surface area (Å²) in [5, 5.41) is 3.46. The number of hydrogen-bond donors (Lipinski definition) is 1. The van der Waals surface area contributed by atoms with Gasteiger partial charge in [0.1, 0.15) is 0 Å². The van der Waals surface area contributed by atoms with Gasteiger partial charge >= 0.3 is 0 Å². The molecule has 1 N–H and O–H groups in total. The molecule has 3 nitrogen and oxygen atoms in total. The highest BCUT2D eigenvalue weighted by atomic mass is 32.2. The van der Waals surface area contributed by atoms with E-state index in [9.17, 15) is 4.79 Å². The summed E-state index contributed by atoms with van der Waals surface area (Å²) >= 11 is 1.38. The van der Waals surface area contributed by atoms with Crippen LogP contribution < -0.4 is 5.32 Å². The zero-order valence-electron chi connectivity index (χ0n) is 12.5. The van der Waals surface area contributed by atoms with Crippen LogP contribution in [0.15, 0.2) is 58.4 Å². The van der Waals surface area contributed by atoms with Gasteiger partial charge in [0.15, 0.2) is 5.17 Å². The second-order valence-corrected chi connectivity index (χ2v) is 6.16. The van der Waals surface area contributed by atoms with Crippen LogP contribution in [-0.2, 0) is 4.79 Å². The van der Waals surface area contributed by atoms with Gasteiger partial charge in [0.25, 0.3) is 5.91 Å². The van der Waals surface area contributed by atoms with Gasteiger partial charge in [-0.15, -0.1) is 0 Å². The summed E-state index contributed by atoms with van der Waals surface area (Å²) < 4.78 is 0. The van der Waals surface area contributed by atoms with Gasteiger partial charge in [0, 0.05) is 0 Å². The van der Waals surface area contributed by atoms with Gasteiger partial charge in [0.05, 0.1) is 10.6 Å². The van der Waals surface area contributed by atoms with Crippen LogP contribution >= 0.6 is 11.8 Å². The normalized spacial score (nSPS) is 18.0. The van der Waals surface area contributed by atoms with Gasteiger partial charge in [-0.05, 0) is 48.4 Å². The number of carbonyl (C=O) groups is 1. The summed E-state index contributed by atoms with van der Waals surface area (Å²) in [4.78, 5) is 17.3. The molecule has 1 heterocycles. The number of amides is 1. The molecule has 110 valence electrons. The molecule has 1 saturated heterocycles. The lowest BCUT2D eigenvalue weighted by molar-refractivity contribution is -0.115. The summed E-state index contributed by atoms with van der Waals surface area (Å²) in [7, 11) is 0. The Bertz CT molecular complexity index is 759. The number of aryl methyl sites for hydroxylation is 2. The zero-order chi connectivity index (χ0) is 15.5. The van der Waals surface area contributed by atoms with Crippen LogP contribution in [0, 0.1) is 13.8 Å². The van der Waals surface area contributed by atoms with Gasteiger partial charge in [0.2, 0.25) is 0 Å². The van der Waals surface area contributed by atoms with E-state index in [0.717, 1.165) is 22.4 Å². The van der Waals surface area contributed by atoms with Gasteiger partial charge in [-0.1, -0.05) is 48.5 Å². The Labute approximate surface area is 134 Å². The molecule has 0 atom stereocenters. The largest absolute Gasteiger partial charge is 0.300 e. The number of para-hydroxylation sites is 1. The molecule has 1 amide bonds. The molecule has 0 saturated carbocycles. The third-order valence-electron chi connectivity index (χ3n) is 3.40. The number of aliphatic imine (C=N–C) groups is 1. The first-order valence-electron chi connectivity index (χ1n) is 7.04. The minimum absolute atomic E-state index is 0.0983. The highest BCUT2D eigenvalue weighted by molar-refractivity contribution is 8.18. The molecule has 0 aliphatic carbocycles. The second-order valence-electron chi connectivity index (χ2n) is 5.13. The van der Waals surface area contributed by atoms with Crippen molar-refractivity contribution in [3.63, 3.8) is 0 Å². The van der Waals surface area contributed by atoms with Gasteiger partial charge in [-0.3, -0.25) is 4.79 Å². The molecule has 3 rings (SSSR count). The zero-order valence-corrected chi connectivity index (χ0v) is 13.3. The summed E-state index contributed by atoms with van der Waals surface area (Å²) in [5.74, 6) is -0.0983. The fraction of sp³-hybridized carbons (Fsp3) is 0.111. The number of thioether (sulfide) groups is 1. The Morgan fingerprint density at radius 3 is 2.36 bits per heavy atom. The van der Waals surface area contributed by atoms with Crippen molar-refractivity contribution in [1.82, 2.24) is 5.32 Å². The summed E-state index contributed by atoms with van der Waals surface area (Å²) in [6.07, 6.45) is 1.88. The summed E-state index contributed by atoms with van der Waals surface area (Å²) in [6.45, 7) is 4.04. The van der Waals surface area contributed by atoms with Gasteiger partial charge < -0.3 is 5.32 Å². The van der Waals surface area contributed by atoms with E-state index in [4.69, 9.17) is 0 Å². The number of benzene rings is 2. The average molecular weight is 308 g/mol. The molecule has 0 unspecified atom stereocenters. The van der Waals surface area contributed by atoms with Crippen LogP contribution in [0.2, 0.25) is 0 Å². The highest BCUT2D eigenvalue weighted by Crippen LogP contribution is 2.30. The van der Waals surface area contributed by atoms with Crippen molar-refractivity contribution in [1.29, 1.82) is 0 Å². The van der Waals surface area contributed by atoms with Crippen molar-refractivity contribution in [2.75, 3.05) is 0 Å². The van der Waals surface area contributed by atoms with Crippen LogP contribution in [0.25, 0.3) is 6.08 Å². The van der Waals surface area contributed by atoms with Crippen molar-refractivity contribution in [3.8, 4) is 0 Å². The van der Waals surface area contributed by atoms with E-state index in [1.807, 2.05) is 68.5 Å². The SMILES string of the molecule is Cc1cccc(C)c1N=C1NC(=O)/C(=C\c2ccccc2)S1. The maximum Gasteiger partial charge on any atom is 0.264 e. The van der Waals surface area contributed by atoms with E-state index in [0.29, 0.717) is 10.1 Å². The van der Waals surface area contributed by atoms with Crippen LogP contribution in [0.4, 0.5) is 5.69 Å². The lowest BCUT2D eigenvalue weighted by atomic mass is 10.1. The Morgan fingerprint density at radius 2 is 1.68 bits per heavy atom. The van der Waals surface area contributed by atoms with Crippen molar-refractivity contribution in [2.45, 2.75) is 13.8 Å². The summed E-state index contributed by atoms with van der Waals surface area (Å²) in [5.41, 5.74) is 4.13. The Morgan fingerprint density at radius 1 is 1.00 bits per heavy atom. The number of nitrogens with zero attached hydrogens (tertiary/aromatic N) is 1. The maximum atomic E-state index is 12.1. The molecular formula is C18H16N2OS. The van der Waals surface area contributed by atoms with E-state index in [-0.39, 0.29) is 5.91 Å². The van der Waals surface area contributed by atoms with E-state index >= 15 is 0 Å². The number of amidine groups is 1. The third kappa shape index (κ3) is 3.12. The monoisotopic (exact) mass is 308 g/mol. The fourth-order valence-corrected chi connectivity index (χ4v) is 3.09. The van der Waals surface area contributed by atoms with Gasteiger partial charge in [-0.2, -0.15) is 0 Å². The molecular weight excluding hydrogens is 292 g/mol. The Hall–Kier alpha value is -2.33. The number of hydrogen-bond acceptors (Lipinski definition) is 3. The molecule has 2 aromatic carbocycles. The lowest BCUT2D eigenvalue weighted by Crippen LogP contribution is -2.19. The van der Waals surface area contributed by atoms with E-state index in [1.165, 1.54) is 11.8 Å². The molecule has 1 aliphatic heterocycles. The number of rotatable bonds is 2. The van der Waals surface area contributed by atoms with Crippen LogP contribution in [0.3, 0.4) is 0 Å². The Balaban J connectivity index is 1.89. The van der Waals surface area contributed by atoms with Crippen molar-refractivity contribution < 1.29 is 4.79 Å². The quantitative estimate of drug-likeness (QED) is 0.845. The standard InChI is InChI=1S/C18H16N2OS/c1-12-7-6-8-13(2)16(12)19-18-20-17(21)15(22-18)11-14-9-4-3-5-10-14/h3-11H,1-2H3,(H,19,20,21)/b15-11+. The number of nitrogens with one attached hydrogen (secondary N) is 1. The molecule has 0 aromatic heterocycles. The van der Waals surface area contributed by atoms with E-state index in [1.54, 1.807) is 0 Å². The molecule has 2 aromatic rings. The maximum absolute atomic E-state index is 12.1. The first kappa shape index (κ1) is 14.6. The molecule has 0 radical (unpaired) electrons. The molecule has 1 aliphatic rings. The minimum atomic E-state index is -0.0983. The van der Waals surface area contributed by atoms with Crippen molar-refractivity contribution >= 4 is 34.6 Å². The van der Waals surface area contributed by atoms with Crippen LogP contribution in [0.5, 0.6) is 0 Å². The van der Waals surface area contributed by atoms with Gasteiger partial charge in [-0.25, -0.2) is 4.99 Å². The second kappa shape index (κ2) is 6.20. The Kier molecular flexibility index (Phi) is 4.11. The average Bonchev–Trinajstić information content (AvgIpc) is 2.84. The summed E-state index contributed by atoms with van der Waals surface area (Å²) in [6, 6.07) is 15.9. The molecule has 4 heteroatoms. The van der Waals surface area contributed by atoms with Crippen LogP contribution in [-0.4, -0.2) is 11.1 Å². The van der Waals surface area contributed by atoms with Crippen molar-refractivity contribution in [3.05, 3.63) is 70.1 Å². The predicted molar refractivity (Wildman–Crippen MR) is 93.2 cm³/mol. The fourth-order valence-electron chi connectivity index (χ4n) is 2.26. The predicted octanol–water partition coefficient (Wildman–Crippen LogP) is 4.20.